The van der Waals surface area contributed by atoms with Gasteiger partial charge >= 0.3 is 11.9 Å². The summed E-state index contributed by atoms with van der Waals surface area (Å²) in [4.78, 5) is 23.1. The van der Waals surface area contributed by atoms with Crippen molar-refractivity contribution in [3.05, 3.63) is 29.8 Å². The standard InChI is InChI=1S/C16H22O5/c1-5-13-8-6-7-9-14(13)20-10-15(17)21-12(3)11(2)16(18)19-4/h6-9,11-12H,5,10H2,1-4H3. The summed E-state index contributed by atoms with van der Waals surface area (Å²) >= 11 is 0. The summed E-state index contributed by atoms with van der Waals surface area (Å²) in [5, 5.41) is 0. The van der Waals surface area contributed by atoms with Crippen LogP contribution < -0.4 is 4.74 Å². The quantitative estimate of drug-likeness (QED) is 0.722. The third-order valence-electron chi connectivity index (χ3n) is 3.29. The van der Waals surface area contributed by atoms with Crippen molar-refractivity contribution in [1.29, 1.82) is 0 Å². The molecule has 2 unspecified atom stereocenters. The van der Waals surface area contributed by atoms with Crippen molar-refractivity contribution in [3.63, 3.8) is 0 Å². The Morgan fingerprint density at radius 3 is 2.48 bits per heavy atom. The van der Waals surface area contributed by atoms with Crippen LogP contribution in [0.3, 0.4) is 0 Å². The first-order valence-corrected chi connectivity index (χ1v) is 6.97. The molecule has 0 aliphatic rings. The molecule has 21 heavy (non-hydrogen) atoms. The lowest BCUT2D eigenvalue weighted by atomic mass is 10.1. The highest BCUT2D eigenvalue weighted by Crippen LogP contribution is 2.18. The largest absolute Gasteiger partial charge is 0.482 e. The van der Waals surface area contributed by atoms with E-state index < -0.39 is 24.0 Å². The number of ether oxygens (including phenoxy) is 3. The summed E-state index contributed by atoms with van der Waals surface area (Å²) in [6.07, 6.45) is 0.260. The van der Waals surface area contributed by atoms with E-state index >= 15 is 0 Å². The van der Waals surface area contributed by atoms with E-state index in [1.54, 1.807) is 13.8 Å². The molecule has 5 heteroatoms. The predicted molar refractivity (Wildman–Crippen MR) is 78.0 cm³/mol. The molecule has 0 aliphatic carbocycles. The molecule has 1 aromatic rings. The van der Waals surface area contributed by atoms with E-state index in [1.807, 2.05) is 31.2 Å². The first kappa shape index (κ1) is 17.0. The molecular weight excluding hydrogens is 272 g/mol. The van der Waals surface area contributed by atoms with Gasteiger partial charge in [-0.1, -0.05) is 25.1 Å². The number of hydrogen-bond donors (Lipinski definition) is 0. The summed E-state index contributed by atoms with van der Waals surface area (Å²) in [6, 6.07) is 7.53. The molecule has 0 amide bonds. The Labute approximate surface area is 125 Å². The molecule has 0 bridgehead atoms. The molecule has 1 aromatic carbocycles. The van der Waals surface area contributed by atoms with E-state index in [9.17, 15) is 9.59 Å². The van der Waals surface area contributed by atoms with Gasteiger partial charge in [0.1, 0.15) is 11.9 Å². The number of benzene rings is 1. The number of carbonyl (C=O) groups excluding carboxylic acids is 2. The molecule has 0 saturated carbocycles. The van der Waals surface area contributed by atoms with E-state index in [0.717, 1.165) is 12.0 Å². The van der Waals surface area contributed by atoms with Gasteiger partial charge in [-0.05, 0) is 31.9 Å². The highest BCUT2D eigenvalue weighted by molar-refractivity contribution is 5.74. The highest BCUT2D eigenvalue weighted by atomic mass is 16.6. The monoisotopic (exact) mass is 294 g/mol. The Balaban J connectivity index is 2.49. The van der Waals surface area contributed by atoms with Crippen molar-refractivity contribution < 1.29 is 23.8 Å². The summed E-state index contributed by atoms with van der Waals surface area (Å²) in [6.45, 7) is 5.13. The summed E-state index contributed by atoms with van der Waals surface area (Å²) in [5.41, 5.74) is 1.03. The molecule has 0 spiro atoms. The van der Waals surface area contributed by atoms with Crippen LogP contribution in [-0.4, -0.2) is 31.8 Å². The van der Waals surface area contributed by atoms with E-state index in [1.165, 1.54) is 7.11 Å². The lowest BCUT2D eigenvalue weighted by Gasteiger charge is -2.18. The Morgan fingerprint density at radius 1 is 1.19 bits per heavy atom. The topological polar surface area (TPSA) is 61.8 Å². The van der Waals surface area contributed by atoms with Gasteiger partial charge in [-0.3, -0.25) is 4.79 Å². The van der Waals surface area contributed by atoms with Gasteiger partial charge in [0.05, 0.1) is 13.0 Å². The van der Waals surface area contributed by atoms with Crippen molar-refractivity contribution in [3.8, 4) is 5.75 Å². The maximum atomic E-state index is 11.7. The molecule has 1 rings (SSSR count). The number of esters is 2. The Morgan fingerprint density at radius 2 is 1.86 bits per heavy atom. The van der Waals surface area contributed by atoms with Crippen LogP contribution in [-0.2, 0) is 25.5 Å². The fourth-order valence-corrected chi connectivity index (χ4v) is 1.79. The van der Waals surface area contributed by atoms with Crippen LogP contribution in [0.15, 0.2) is 24.3 Å². The maximum Gasteiger partial charge on any atom is 0.344 e. The number of methoxy groups -OCH3 is 1. The molecule has 0 saturated heterocycles. The molecule has 0 fully saturated rings. The first-order chi connectivity index (χ1) is 9.99. The molecule has 2 atom stereocenters. The lowest BCUT2D eigenvalue weighted by Crippen LogP contribution is -2.30. The molecular formula is C16H22O5. The van der Waals surface area contributed by atoms with Crippen molar-refractivity contribution >= 4 is 11.9 Å². The Hall–Kier alpha value is -2.04. The van der Waals surface area contributed by atoms with E-state index in [0.29, 0.717) is 5.75 Å². The second kappa shape index (κ2) is 8.29. The predicted octanol–water partition coefficient (Wildman–Crippen LogP) is 2.37. The molecule has 0 N–H and O–H groups in total. The smallest absolute Gasteiger partial charge is 0.344 e. The molecule has 5 nitrogen and oxygen atoms in total. The van der Waals surface area contributed by atoms with Crippen LogP contribution >= 0.6 is 0 Å². The number of aryl methyl sites for hydroxylation is 1. The van der Waals surface area contributed by atoms with Gasteiger partial charge in [0, 0.05) is 0 Å². The Kier molecular flexibility index (Phi) is 6.72. The number of carbonyl (C=O) groups is 2. The number of rotatable bonds is 7. The average molecular weight is 294 g/mol. The van der Waals surface area contributed by atoms with Gasteiger partial charge in [0.25, 0.3) is 0 Å². The minimum atomic E-state index is -0.560. The van der Waals surface area contributed by atoms with Crippen LogP contribution in [0, 0.1) is 5.92 Å². The van der Waals surface area contributed by atoms with Crippen molar-refractivity contribution in [1.82, 2.24) is 0 Å². The van der Waals surface area contributed by atoms with E-state index in [-0.39, 0.29) is 6.61 Å². The second-order valence-electron chi connectivity index (χ2n) is 4.76. The van der Waals surface area contributed by atoms with Gasteiger partial charge < -0.3 is 14.2 Å². The zero-order valence-corrected chi connectivity index (χ0v) is 12.9. The first-order valence-electron chi connectivity index (χ1n) is 6.97. The summed E-state index contributed by atoms with van der Waals surface area (Å²) < 4.78 is 15.2. The Bertz CT molecular complexity index is 483. The normalized spacial score (nSPS) is 13.1. The van der Waals surface area contributed by atoms with E-state index in [2.05, 4.69) is 4.74 Å². The fourth-order valence-electron chi connectivity index (χ4n) is 1.79. The SMILES string of the molecule is CCc1ccccc1OCC(=O)OC(C)C(C)C(=O)OC. The molecule has 116 valence electrons. The van der Waals surface area contributed by atoms with Crippen molar-refractivity contribution in [2.75, 3.05) is 13.7 Å². The third-order valence-corrected chi connectivity index (χ3v) is 3.29. The maximum absolute atomic E-state index is 11.7. The van der Waals surface area contributed by atoms with Gasteiger partial charge in [-0.2, -0.15) is 0 Å². The molecule has 0 heterocycles. The molecule has 0 aliphatic heterocycles. The second-order valence-corrected chi connectivity index (χ2v) is 4.76. The number of para-hydroxylation sites is 1. The van der Waals surface area contributed by atoms with Crippen LogP contribution in [0.25, 0.3) is 0 Å². The summed E-state index contributed by atoms with van der Waals surface area (Å²) in [7, 11) is 1.30. The fraction of sp³-hybridized carbons (Fsp3) is 0.500. The zero-order chi connectivity index (χ0) is 15.8. The van der Waals surface area contributed by atoms with Crippen molar-refractivity contribution in [2.45, 2.75) is 33.3 Å². The van der Waals surface area contributed by atoms with Gasteiger partial charge in [-0.15, -0.1) is 0 Å². The highest BCUT2D eigenvalue weighted by Gasteiger charge is 2.24. The van der Waals surface area contributed by atoms with Crippen LogP contribution in [0.5, 0.6) is 5.75 Å². The minimum absolute atomic E-state index is 0.185. The van der Waals surface area contributed by atoms with Crippen LogP contribution in [0.2, 0.25) is 0 Å². The van der Waals surface area contributed by atoms with Gasteiger partial charge in [0.15, 0.2) is 6.61 Å². The van der Waals surface area contributed by atoms with Crippen LogP contribution in [0.4, 0.5) is 0 Å². The van der Waals surface area contributed by atoms with Gasteiger partial charge in [-0.25, -0.2) is 4.79 Å². The number of hydrogen-bond acceptors (Lipinski definition) is 5. The molecule has 0 radical (unpaired) electrons. The lowest BCUT2D eigenvalue weighted by molar-refractivity contribution is -0.159. The zero-order valence-electron chi connectivity index (χ0n) is 12.9. The van der Waals surface area contributed by atoms with Gasteiger partial charge in [0.2, 0.25) is 0 Å². The molecule has 0 aromatic heterocycles. The third kappa shape index (κ3) is 5.10. The minimum Gasteiger partial charge on any atom is -0.482 e. The van der Waals surface area contributed by atoms with E-state index in [4.69, 9.17) is 9.47 Å². The average Bonchev–Trinajstić information content (AvgIpc) is 2.51. The van der Waals surface area contributed by atoms with Crippen molar-refractivity contribution in [2.24, 2.45) is 5.92 Å². The summed E-state index contributed by atoms with van der Waals surface area (Å²) in [5.74, 6) is -0.760. The van der Waals surface area contributed by atoms with Crippen LogP contribution in [0.1, 0.15) is 26.3 Å².